The van der Waals surface area contributed by atoms with E-state index in [0.29, 0.717) is 11.4 Å². The van der Waals surface area contributed by atoms with E-state index in [4.69, 9.17) is 11.2 Å². The van der Waals surface area contributed by atoms with Crippen LogP contribution in [0, 0.1) is 19.3 Å². The Kier molecular flexibility index (Phi) is 2.73. The number of methoxy groups -OCH3 is 1. The fourth-order valence-electron chi connectivity index (χ4n) is 0.956. The summed E-state index contributed by atoms with van der Waals surface area (Å²) in [7, 11) is 1.46. The van der Waals surface area contributed by atoms with Crippen molar-refractivity contribution in [1.82, 2.24) is 9.97 Å². The third-order valence-electron chi connectivity index (χ3n) is 1.80. The molecule has 0 fully saturated rings. The summed E-state index contributed by atoms with van der Waals surface area (Å²) in [4.78, 5) is 7.96. The van der Waals surface area contributed by atoms with Crippen LogP contribution < -0.4 is 4.74 Å². The molecule has 0 saturated heterocycles. The molecule has 0 aliphatic rings. The van der Waals surface area contributed by atoms with Gasteiger partial charge in [-0.1, -0.05) is 5.92 Å². The van der Waals surface area contributed by atoms with Crippen molar-refractivity contribution in [2.24, 2.45) is 0 Å². The van der Waals surface area contributed by atoms with E-state index in [1.54, 1.807) is 13.0 Å². The average molecular weight is 192 g/mol. The van der Waals surface area contributed by atoms with E-state index in [-0.39, 0.29) is 6.01 Å². The minimum absolute atomic E-state index is 0.204. The van der Waals surface area contributed by atoms with Gasteiger partial charge in [0, 0.05) is 5.69 Å². The van der Waals surface area contributed by atoms with Gasteiger partial charge in [-0.2, -0.15) is 4.98 Å². The molecule has 0 saturated carbocycles. The summed E-state index contributed by atoms with van der Waals surface area (Å²) in [5.41, 5.74) is -0.326. The van der Waals surface area contributed by atoms with E-state index in [0.717, 1.165) is 0 Å². The highest BCUT2D eigenvalue weighted by atomic mass is 16.5. The number of nitrogens with zero attached hydrogens (tertiary/aromatic N) is 2. The molecule has 0 spiro atoms. The molecule has 0 radical (unpaired) electrons. The average Bonchev–Trinajstić information content (AvgIpc) is 2.16. The van der Waals surface area contributed by atoms with E-state index in [2.05, 4.69) is 15.9 Å². The molecule has 0 aliphatic carbocycles. The second-order valence-electron chi connectivity index (χ2n) is 3.10. The highest BCUT2D eigenvalue weighted by Crippen LogP contribution is 2.19. The minimum Gasteiger partial charge on any atom is -0.467 e. The maximum absolute atomic E-state index is 9.76. The molecule has 1 aromatic rings. The van der Waals surface area contributed by atoms with Crippen molar-refractivity contribution in [3.63, 3.8) is 0 Å². The SMILES string of the molecule is C#C[C@](C)(O)c1cc(C)nc(OC)n1. The molecular weight excluding hydrogens is 180 g/mol. The van der Waals surface area contributed by atoms with Crippen LogP contribution in [0.25, 0.3) is 0 Å². The summed E-state index contributed by atoms with van der Waals surface area (Å²) in [6, 6.07) is 1.83. The third kappa shape index (κ3) is 2.01. The summed E-state index contributed by atoms with van der Waals surface area (Å²) in [6.45, 7) is 3.27. The Bertz CT molecular complexity index is 380. The topological polar surface area (TPSA) is 55.2 Å². The van der Waals surface area contributed by atoms with Crippen LogP contribution in [0.4, 0.5) is 0 Å². The Balaban J connectivity index is 3.24. The van der Waals surface area contributed by atoms with E-state index in [9.17, 15) is 5.11 Å². The van der Waals surface area contributed by atoms with Crippen LogP contribution >= 0.6 is 0 Å². The van der Waals surface area contributed by atoms with E-state index >= 15 is 0 Å². The van der Waals surface area contributed by atoms with Gasteiger partial charge < -0.3 is 9.84 Å². The lowest BCUT2D eigenvalue weighted by Gasteiger charge is -2.16. The Morgan fingerprint density at radius 3 is 2.71 bits per heavy atom. The molecule has 1 rings (SSSR count). The van der Waals surface area contributed by atoms with Crippen molar-refractivity contribution >= 4 is 0 Å². The Morgan fingerprint density at radius 1 is 1.57 bits per heavy atom. The molecule has 1 heterocycles. The summed E-state index contributed by atoms with van der Waals surface area (Å²) in [6.07, 6.45) is 5.18. The largest absolute Gasteiger partial charge is 0.467 e. The predicted molar refractivity (Wildman–Crippen MR) is 51.7 cm³/mol. The molecule has 1 N–H and O–H groups in total. The molecule has 1 aromatic heterocycles. The number of aromatic nitrogens is 2. The number of aliphatic hydroxyl groups is 1. The second kappa shape index (κ2) is 3.64. The lowest BCUT2D eigenvalue weighted by atomic mass is 10.0. The Morgan fingerprint density at radius 2 is 2.21 bits per heavy atom. The number of hydrogen-bond acceptors (Lipinski definition) is 4. The fraction of sp³-hybridized carbons (Fsp3) is 0.400. The smallest absolute Gasteiger partial charge is 0.316 e. The Hall–Kier alpha value is -1.60. The number of ether oxygens (including phenoxy) is 1. The molecular formula is C10H12N2O2. The number of terminal acetylenes is 1. The van der Waals surface area contributed by atoms with Crippen molar-refractivity contribution in [1.29, 1.82) is 0 Å². The van der Waals surface area contributed by atoms with Crippen LogP contribution in [-0.4, -0.2) is 22.2 Å². The lowest BCUT2D eigenvalue weighted by Crippen LogP contribution is -2.20. The quantitative estimate of drug-likeness (QED) is 0.698. The fourth-order valence-corrected chi connectivity index (χ4v) is 0.956. The van der Waals surface area contributed by atoms with Gasteiger partial charge in [0.15, 0.2) is 5.60 Å². The molecule has 0 aromatic carbocycles. The van der Waals surface area contributed by atoms with Gasteiger partial charge in [0.05, 0.1) is 12.8 Å². The molecule has 4 heteroatoms. The first kappa shape index (κ1) is 10.5. The van der Waals surface area contributed by atoms with Crippen LogP contribution in [0.1, 0.15) is 18.3 Å². The zero-order valence-corrected chi connectivity index (χ0v) is 8.40. The molecule has 0 amide bonds. The van der Waals surface area contributed by atoms with Crippen molar-refractivity contribution < 1.29 is 9.84 Å². The lowest BCUT2D eigenvalue weighted by molar-refractivity contribution is 0.116. The zero-order valence-electron chi connectivity index (χ0n) is 8.40. The number of rotatable bonds is 2. The highest BCUT2D eigenvalue weighted by Gasteiger charge is 2.22. The first-order valence-corrected chi connectivity index (χ1v) is 4.10. The second-order valence-corrected chi connectivity index (χ2v) is 3.10. The molecule has 4 nitrogen and oxygen atoms in total. The van der Waals surface area contributed by atoms with Crippen LogP contribution in [0.2, 0.25) is 0 Å². The van der Waals surface area contributed by atoms with Gasteiger partial charge >= 0.3 is 6.01 Å². The predicted octanol–water partition coefficient (Wildman–Crippen LogP) is 0.634. The monoisotopic (exact) mass is 192 g/mol. The molecule has 1 atom stereocenters. The number of aryl methyl sites for hydroxylation is 1. The standard InChI is InChI=1S/C10H12N2O2/c1-5-10(3,13)8-6-7(2)11-9(12-8)14-4/h1,6,13H,2-4H3/t10-/m0/s1. The molecule has 0 bridgehead atoms. The Labute approximate surface area is 83.0 Å². The van der Waals surface area contributed by atoms with Gasteiger partial charge in [0.25, 0.3) is 0 Å². The van der Waals surface area contributed by atoms with Crippen LogP contribution in [0.15, 0.2) is 6.07 Å². The van der Waals surface area contributed by atoms with Crippen LogP contribution in [0.5, 0.6) is 6.01 Å². The van der Waals surface area contributed by atoms with Gasteiger partial charge in [0.1, 0.15) is 0 Å². The molecule has 0 unspecified atom stereocenters. The highest BCUT2D eigenvalue weighted by molar-refractivity contribution is 5.25. The zero-order chi connectivity index (χ0) is 10.8. The summed E-state index contributed by atoms with van der Waals surface area (Å²) < 4.78 is 4.87. The maximum Gasteiger partial charge on any atom is 0.316 e. The van der Waals surface area contributed by atoms with Crippen molar-refractivity contribution in [3.05, 3.63) is 17.5 Å². The first-order chi connectivity index (χ1) is 6.49. The van der Waals surface area contributed by atoms with Gasteiger partial charge in [-0.15, -0.1) is 6.42 Å². The molecule has 14 heavy (non-hydrogen) atoms. The summed E-state index contributed by atoms with van der Waals surface area (Å²) >= 11 is 0. The van der Waals surface area contributed by atoms with Gasteiger partial charge in [0.2, 0.25) is 0 Å². The van der Waals surface area contributed by atoms with E-state index < -0.39 is 5.60 Å². The van der Waals surface area contributed by atoms with Gasteiger partial charge in [-0.25, -0.2) is 4.98 Å². The summed E-state index contributed by atoms with van der Waals surface area (Å²) in [5.74, 6) is 2.25. The normalized spacial score (nSPS) is 14.2. The van der Waals surface area contributed by atoms with Gasteiger partial charge in [-0.3, -0.25) is 0 Å². The van der Waals surface area contributed by atoms with Crippen molar-refractivity contribution in [2.75, 3.05) is 7.11 Å². The molecule has 0 aliphatic heterocycles. The van der Waals surface area contributed by atoms with E-state index in [1.165, 1.54) is 14.0 Å². The van der Waals surface area contributed by atoms with Gasteiger partial charge in [-0.05, 0) is 19.9 Å². The third-order valence-corrected chi connectivity index (χ3v) is 1.80. The maximum atomic E-state index is 9.76. The number of hydrogen-bond donors (Lipinski definition) is 1. The molecule has 74 valence electrons. The summed E-state index contributed by atoms with van der Waals surface area (Å²) in [5, 5.41) is 9.76. The van der Waals surface area contributed by atoms with E-state index in [1.807, 2.05) is 0 Å². The van der Waals surface area contributed by atoms with Crippen LogP contribution in [-0.2, 0) is 5.60 Å². The first-order valence-electron chi connectivity index (χ1n) is 4.10. The van der Waals surface area contributed by atoms with Crippen LogP contribution in [0.3, 0.4) is 0 Å². The minimum atomic E-state index is -1.39. The van der Waals surface area contributed by atoms with Crippen molar-refractivity contribution in [2.45, 2.75) is 19.4 Å². The van der Waals surface area contributed by atoms with Crippen molar-refractivity contribution in [3.8, 4) is 18.4 Å².